The first-order valence-electron chi connectivity index (χ1n) is 11.3. The quantitative estimate of drug-likeness (QED) is 0.229. The number of hydrogen-bond donors (Lipinski definition) is 5. The summed E-state index contributed by atoms with van der Waals surface area (Å²) >= 11 is 0. The molecule has 12 nitrogen and oxygen atoms in total. The Labute approximate surface area is 222 Å². The first-order chi connectivity index (χ1) is 18.3. The van der Waals surface area contributed by atoms with Gasteiger partial charge in [0.25, 0.3) is 5.91 Å². The van der Waals surface area contributed by atoms with Crippen molar-refractivity contribution >= 4 is 39.2 Å². The number of pyridine rings is 1. The van der Waals surface area contributed by atoms with Gasteiger partial charge in [-0.3, -0.25) is 9.10 Å². The van der Waals surface area contributed by atoms with Crippen LogP contribution in [-0.4, -0.2) is 72.0 Å². The molecule has 0 aliphatic carbocycles. The van der Waals surface area contributed by atoms with Gasteiger partial charge in [0, 0.05) is 42.8 Å². The topological polar surface area (TPSA) is 170 Å². The molecule has 2 aromatic heterocycles. The number of aromatic nitrogens is 3. The number of alkyl halides is 3. The van der Waals surface area contributed by atoms with Crippen molar-refractivity contribution in [3.63, 3.8) is 0 Å². The van der Waals surface area contributed by atoms with Gasteiger partial charge in [-0.25, -0.2) is 18.4 Å². The van der Waals surface area contributed by atoms with E-state index in [1.165, 1.54) is 49.6 Å². The fourth-order valence-electron chi connectivity index (χ4n) is 3.22. The Morgan fingerprint density at radius 1 is 1.10 bits per heavy atom. The van der Waals surface area contributed by atoms with Gasteiger partial charge in [0.05, 0.1) is 25.5 Å². The van der Waals surface area contributed by atoms with E-state index in [-0.39, 0.29) is 23.9 Å². The molecule has 0 aliphatic heterocycles. The second-order valence-corrected chi connectivity index (χ2v) is 10.3. The highest BCUT2D eigenvalue weighted by Crippen LogP contribution is 2.34. The first kappa shape index (κ1) is 29.5. The van der Waals surface area contributed by atoms with Gasteiger partial charge in [-0.2, -0.15) is 18.2 Å². The van der Waals surface area contributed by atoms with Gasteiger partial charge in [0.15, 0.2) is 0 Å². The van der Waals surface area contributed by atoms with Crippen LogP contribution in [0, 0.1) is 0 Å². The Bertz CT molecular complexity index is 1400. The number of anilines is 4. The van der Waals surface area contributed by atoms with Crippen LogP contribution in [0.5, 0.6) is 0 Å². The van der Waals surface area contributed by atoms with Crippen LogP contribution in [0.1, 0.15) is 21.5 Å². The molecule has 0 spiro atoms. The van der Waals surface area contributed by atoms with Crippen molar-refractivity contribution in [3.8, 4) is 0 Å². The number of aliphatic hydroxyl groups excluding tert-OH is 2. The van der Waals surface area contributed by atoms with Gasteiger partial charge in [-0.15, -0.1) is 0 Å². The molecule has 2 heterocycles. The first-order valence-corrected chi connectivity index (χ1v) is 13.1. The van der Waals surface area contributed by atoms with Crippen molar-refractivity contribution in [2.45, 2.75) is 18.8 Å². The minimum Gasteiger partial charge on any atom is -0.394 e. The van der Waals surface area contributed by atoms with Crippen LogP contribution >= 0.6 is 0 Å². The highest BCUT2D eigenvalue weighted by Gasteiger charge is 2.35. The Morgan fingerprint density at radius 3 is 2.36 bits per heavy atom. The summed E-state index contributed by atoms with van der Waals surface area (Å²) in [5.41, 5.74) is -0.244. The number of nitrogens with one attached hydrogen (secondary N) is 3. The van der Waals surface area contributed by atoms with Gasteiger partial charge in [0.1, 0.15) is 17.2 Å². The molecule has 0 atom stereocenters. The second-order valence-electron chi connectivity index (χ2n) is 8.26. The van der Waals surface area contributed by atoms with Crippen LogP contribution in [0.4, 0.5) is 36.4 Å². The van der Waals surface area contributed by atoms with E-state index in [4.69, 9.17) is 10.2 Å². The van der Waals surface area contributed by atoms with E-state index in [1.54, 1.807) is 0 Å². The summed E-state index contributed by atoms with van der Waals surface area (Å²) in [6, 6.07) is 8.01. The summed E-state index contributed by atoms with van der Waals surface area (Å²) in [6.45, 7) is -1.12. The lowest BCUT2D eigenvalue weighted by molar-refractivity contribution is -0.137. The summed E-state index contributed by atoms with van der Waals surface area (Å²) in [7, 11) is -2.39. The van der Waals surface area contributed by atoms with Gasteiger partial charge in [-0.05, 0) is 30.3 Å². The maximum atomic E-state index is 13.6. The fourth-order valence-corrected chi connectivity index (χ4v) is 3.70. The number of nitrogens with zero attached hydrogens (tertiary/aromatic N) is 4. The minimum absolute atomic E-state index is 0.0434. The molecular formula is C23H26F3N7O5S. The largest absolute Gasteiger partial charge is 0.421 e. The summed E-state index contributed by atoms with van der Waals surface area (Å²) < 4.78 is 65.7. The second kappa shape index (κ2) is 12.2. The Morgan fingerprint density at radius 2 is 1.77 bits per heavy atom. The predicted molar refractivity (Wildman–Crippen MR) is 137 cm³/mol. The Hall–Kier alpha value is -4.02. The van der Waals surface area contributed by atoms with E-state index in [1.807, 2.05) is 0 Å². The highest BCUT2D eigenvalue weighted by molar-refractivity contribution is 7.92. The molecular weight excluding hydrogens is 543 g/mol. The number of carbonyl (C=O) groups is 1. The summed E-state index contributed by atoms with van der Waals surface area (Å²) in [5, 5.41) is 26.0. The molecule has 16 heteroatoms. The van der Waals surface area contributed by atoms with Crippen LogP contribution in [0.2, 0.25) is 0 Å². The van der Waals surface area contributed by atoms with E-state index in [9.17, 15) is 26.4 Å². The number of carbonyl (C=O) groups excluding carboxylic acids is 1. The molecule has 1 aromatic carbocycles. The molecule has 1 amide bonds. The van der Waals surface area contributed by atoms with E-state index in [0.29, 0.717) is 17.4 Å². The van der Waals surface area contributed by atoms with Gasteiger partial charge in [0.2, 0.25) is 16.0 Å². The van der Waals surface area contributed by atoms with Crippen molar-refractivity contribution in [2.75, 3.05) is 41.5 Å². The number of rotatable bonds is 11. The molecule has 39 heavy (non-hydrogen) atoms. The predicted octanol–water partition coefficient (Wildman–Crippen LogP) is 1.72. The third-order valence-electron chi connectivity index (χ3n) is 5.38. The zero-order chi connectivity index (χ0) is 28.8. The molecule has 0 fully saturated rings. The third kappa shape index (κ3) is 7.75. The van der Waals surface area contributed by atoms with Gasteiger partial charge in [-0.1, -0.05) is 6.07 Å². The molecule has 3 aromatic rings. The van der Waals surface area contributed by atoms with E-state index >= 15 is 0 Å². The molecule has 0 saturated carbocycles. The summed E-state index contributed by atoms with van der Waals surface area (Å²) in [6.07, 6.45) is -1.84. The zero-order valence-corrected chi connectivity index (χ0v) is 21.6. The molecule has 0 bridgehead atoms. The monoisotopic (exact) mass is 569 g/mol. The lowest BCUT2D eigenvalue weighted by Crippen LogP contribution is -2.40. The summed E-state index contributed by atoms with van der Waals surface area (Å²) in [4.78, 5) is 23.9. The standard InChI is InChI=1S/C23H26F3N7O5S/c1-33(39(2,37)38)20-15(4-3-9-27-20)10-28-19-18(23(24,25)26)11-29-22(32-19)31-16-7-5-14(6-8-16)21(36)30-17(12-34)13-35/h3-9,11,17,34-35H,10,12-13H2,1-2H3,(H,30,36)(H2,28,29,31,32). The van der Waals surface area contributed by atoms with Gasteiger partial charge < -0.3 is 26.2 Å². The number of amides is 1. The average Bonchev–Trinajstić information content (AvgIpc) is 2.89. The van der Waals surface area contributed by atoms with Crippen LogP contribution < -0.4 is 20.3 Å². The normalized spacial score (nSPS) is 11.8. The average molecular weight is 570 g/mol. The molecule has 5 N–H and O–H groups in total. The van der Waals surface area contributed by atoms with Crippen LogP contribution in [0.3, 0.4) is 0 Å². The Balaban J connectivity index is 1.82. The number of aliphatic hydroxyl groups is 2. The number of benzene rings is 1. The van der Waals surface area contributed by atoms with E-state index in [2.05, 4.69) is 30.9 Å². The smallest absolute Gasteiger partial charge is 0.394 e. The lowest BCUT2D eigenvalue weighted by atomic mass is 10.2. The zero-order valence-electron chi connectivity index (χ0n) is 20.8. The van der Waals surface area contributed by atoms with Crippen molar-refractivity contribution < 1.29 is 36.6 Å². The molecule has 0 unspecified atom stereocenters. The van der Waals surface area contributed by atoms with E-state index < -0.39 is 52.7 Å². The van der Waals surface area contributed by atoms with Crippen LogP contribution in [0.25, 0.3) is 0 Å². The maximum Gasteiger partial charge on any atom is 0.421 e. The third-order valence-corrected chi connectivity index (χ3v) is 6.55. The molecule has 0 saturated heterocycles. The molecule has 0 aliphatic rings. The molecule has 0 radical (unpaired) electrons. The Kier molecular flexibility index (Phi) is 9.26. The minimum atomic E-state index is -4.78. The van der Waals surface area contributed by atoms with Crippen molar-refractivity contribution in [1.29, 1.82) is 0 Å². The fraction of sp³-hybridized carbons (Fsp3) is 0.304. The number of halogens is 3. The number of sulfonamides is 1. The van der Waals surface area contributed by atoms with Crippen LogP contribution in [0.15, 0.2) is 48.8 Å². The SMILES string of the molecule is CN(c1ncccc1CNc1nc(Nc2ccc(C(=O)NC(CO)CO)cc2)ncc1C(F)(F)F)S(C)(=O)=O. The lowest BCUT2D eigenvalue weighted by Gasteiger charge is -2.20. The van der Waals surface area contributed by atoms with Crippen molar-refractivity contribution in [1.82, 2.24) is 20.3 Å². The number of hydrogen-bond acceptors (Lipinski definition) is 10. The summed E-state index contributed by atoms with van der Waals surface area (Å²) in [5.74, 6) is -1.22. The van der Waals surface area contributed by atoms with Gasteiger partial charge >= 0.3 is 6.18 Å². The maximum absolute atomic E-state index is 13.6. The highest BCUT2D eigenvalue weighted by atomic mass is 32.2. The molecule has 3 rings (SSSR count). The van der Waals surface area contributed by atoms with Crippen LogP contribution in [-0.2, 0) is 22.7 Å². The molecule has 210 valence electrons. The van der Waals surface area contributed by atoms with Crippen molar-refractivity contribution in [2.24, 2.45) is 0 Å². The van der Waals surface area contributed by atoms with E-state index in [0.717, 1.165) is 10.6 Å². The van der Waals surface area contributed by atoms with Crippen molar-refractivity contribution in [3.05, 3.63) is 65.5 Å².